The van der Waals surface area contributed by atoms with E-state index in [-0.39, 0.29) is 16.7 Å². The lowest BCUT2D eigenvalue weighted by molar-refractivity contribution is -0.128. The molecule has 0 aliphatic carbocycles. The number of furan rings is 1. The molecule has 2 amide bonds. The Balaban J connectivity index is 1.66. The first kappa shape index (κ1) is 19.5. The van der Waals surface area contributed by atoms with Gasteiger partial charge in [-0.15, -0.1) is 0 Å². The van der Waals surface area contributed by atoms with Crippen molar-refractivity contribution in [1.29, 1.82) is 0 Å². The average Bonchev–Trinajstić information content (AvgIpc) is 3.19. The molecule has 0 atom stereocenters. The summed E-state index contributed by atoms with van der Waals surface area (Å²) < 4.78 is 10.8. The zero-order valence-corrected chi connectivity index (χ0v) is 16.1. The highest BCUT2D eigenvalue weighted by Gasteiger charge is 2.30. The maximum Gasteiger partial charge on any atom is 0.291 e. The van der Waals surface area contributed by atoms with Crippen molar-refractivity contribution in [3.8, 4) is 5.75 Å². The highest BCUT2D eigenvalue weighted by molar-refractivity contribution is 6.34. The molecule has 0 aliphatic rings. The van der Waals surface area contributed by atoms with Crippen LogP contribution in [-0.2, 0) is 4.79 Å². The monoisotopic (exact) mass is 398 g/mol. The molecule has 2 N–H and O–H groups in total. The molecule has 0 fully saturated rings. The Morgan fingerprint density at radius 2 is 1.75 bits per heavy atom. The number of rotatable bonds is 6. The number of halogens is 1. The number of hydrogen-bond acceptors (Lipinski definition) is 4. The Morgan fingerprint density at radius 3 is 2.39 bits per heavy atom. The maximum atomic E-state index is 12.6. The summed E-state index contributed by atoms with van der Waals surface area (Å²) in [7, 11) is 0. The predicted molar refractivity (Wildman–Crippen MR) is 108 cm³/mol. The average molecular weight is 399 g/mol. The van der Waals surface area contributed by atoms with Gasteiger partial charge in [0.1, 0.15) is 5.75 Å². The van der Waals surface area contributed by atoms with Gasteiger partial charge in [-0.2, -0.15) is 0 Å². The van der Waals surface area contributed by atoms with E-state index in [0.717, 1.165) is 0 Å². The number of amides is 2. The fraction of sp³-hybridized carbons (Fsp3) is 0.143. The molecule has 0 aliphatic heterocycles. The molecule has 1 heterocycles. The van der Waals surface area contributed by atoms with Crippen molar-refractivity contribution >= 4 is 34.8 Å². The lowest BCUT2D eigenvalue weighted by atomic mass is 10.1. The summed E-state index contributed by atoms with van der Waals surface area (Å²) in [6, 6.07) is 17.1. The molecular weight excluding hydrogens is 380 g/mol. The molecule has 3 aromatic rings. The van der Waals surface area contributed by atoms with Crippen LogP contribution in [0.3, 0.4) is 0 Å². The van der Waals surface area contributed by atoms with Crippen molar-refractivity contribution in [2.24, 2.45) is 0 Å². The number of anilines is 2. The van der Waals surface area contributed by atoms with Crippen LogP contribution in [0, 0.1) is 0 Å². The van der Waals surface area contributed by atoms with Gasteiger partial charge in [0.2, 0.25) is 0 Å². The number of hydrogen-bond donors (Lipinski definition) is 2. The molecular formula is C21H19ClN2O4. The minimum absolute atomic E-state index is 0.174. The fourth-order valence-corrected chi connectivity index (χ4v) is 2.62. The topological polar surface area (TPSA) is 80.6 Å². The largest absolute Gasteiger partial charge is 0.478 e. The standard InChI is InChI=1S/C21H19ClN2O4/c1-21(2,28-15-7-4-3-5-8-15)20(26)23-14-10-11-17(16(22)13-14)24-19(25)18-9-6-12-27-18/h3-13H,1-2H3,(H,23,26)(H,24,25). The lowest BCUT2D eigenvalue weighted by Gasteiger charge is -2.25. The van der Waals surface area contributed by atoms with Crippen LogP contribution >= 0.6 is 11.6 Å². The lowest BCUT2D eigenvalue weighted by Crippen LogP contribution is -2.42. The zero-order valence-electron chi connectivity index (χ0n) is 15.4. The number of benzene rings is 2. The SMILES string of the molecule is CC(C)(Oc1ccccc1)C(=O)Nc1ccc(NC(=O)c2ccco2)c(Cl)c1. The van der Waals surface area contributed by atoms with Crippen LogP contribution in [-0.4, -0.2) is 17.4 Å². The molecule has 0 unspecified atom stereocenters. The molecule has 0 saturated heterocycles. The van der Waals surface area contributed by atoms with E-state index in [1.165, 1.54) is 6.26 Å². The smallest absolute Gasteiger partial charge is 0.291 e. The molecule has 7 heteroatoms. The predicted octanol–water partition coefficient (Wildman–Crippen LogP) is 4.98. The second-order valence-electron chi connectivity index (χ2n) is 6.51. The molecule has 0 radical (unpaired) electrons. The summed E-state index contributed by atoms with van der Waals surface area (Å²) in [6.45, 7) is 3.35. The highest BCUT2D eigenvalue weighted by atomic mass is 35.5. The third-order valence-corrected chi connectivity index (χ3v) is 4.20. The first-order valence-corrected chi connectivity index (χ1v) is 8.93. The van der Waals surface area contributed by atoms with Crippen LogP contribution in [0.2, 0.25) is 5.02 Å². The van der Waals surface area contributed by atoms with Crippen LogP contribution in [0.4, 0.5) is 11.4 Å². The van der Waals surface area contributed by atoms with E-state index in [0.29, 0.717) is 17.1 Å². The van der Waals surface area contributed by atoms with E-state index in [1.54, 1.807) is 56.3 Å². The number of nitrogens with one attached hydrogen (secondary N) is 2. The molecule has 1 aromatic heterocycles. The Labute approximate surface area is 167 Å². The summed E-state index contributed by atoms with van der Waals surface area (Å²) in [5.41, 5.74) is -0.211. The van der Waals surface area contributed by atoms with Crippen molar-refractivity contribution in [2.45, 2.75) is 19.4 Å². The first-order valence-electron chi connectivity index (χ1n) is 8.55. The van der Waals surface area contributed by atoms with Gasteiger partial charge in [0, 0.05) is 5.69 Å². The van der Waals surface area contributed by atoms with Crippen LogP contribution < -0.4 is 15.4 Å². The van der Waals surface area contributed by atoms with Crippen LogP contribution in [0.15, 0.2) is 71.3 Å². The van der Waals surface area contributed by atoms with Gasteiger partial charge in [0.25, 0.3) is 11.8 Å². The number of carbonyl (C=O) groups is 2. The summed E-state index contributed by atoms with van der Waals surface area (Å²) in [4.78, 5) is 24.7. The first-order chi connectivity index (χ1) is 13.3. The summed E-state index contributed by atoms with van der Waals surface area (Å²) in [6.07, 6.45) is 1.41. The third-order valence-electron chi connectivity index (χ3n) is 3.88. The number of carbonyl (C=O) groups excluding carboxylic acids is 2. The van der Waals surface area contributed by atoms with Gasteiger partial charge in [0.05, 0.1) is 17.0 Å². The van der Waals surface area contributed by atoms with E-state index in [1.807, 2.05) is 18.2 Å². The van der Waals surface area contributed by atoms with Gasteiger partial charge in [-0.05, 0) is 56.3 Å². The Bertz CT molecular complexity index is 969. The highest BCUT2D eigenvalue weighted by Crippen LogP contribution is 2.27. The number of ether oxygens (including phenoxy) is 1. The Morgan fingerprint density at radius 1 is 1.00 bits per heavy atom. The van der Waals surface area contributed by atoms with Crippen molar-refractivity contribution in [3.63, 3.8) is 0 Å². The van der Waals surface area contributed by atoms with E-state index >= 15 is 0 Å². The Hall–Kier alpha value is -3.25. The molecule has 6 nitrogen and oxygen atoms in total. The van der Waals surface area contributed by atoms with E-state index in [4.69, 9.17) is 20.8 Å². The molecule has 0 spiro atoms. The minimum atomic E-state index is -1.10. The quantitative estimate of drug-likeness (QED) is 0.613. The summed E-state index contributed by atoms with van der Waals surface area (Å²) in [5.74, 6) is 0.0193. The number of para-hydroxylation sites is 1. The minimum Gasteiger partial charge on any atom is -0.478 e. The van der Waals surface area contributed by atoms with Crippen molar-refractivity contribution in [1.82, 2.24) is 0 Å². The maximum absolute atomic E-state index is 12.6. The van der Waals surface area contributed by atoms with Gasteiger partial charge in [-0.1, -0.05) is 29.8 Å². The van der Waals surface area contributed by atoms with Gasteiger partial charge in [-0.3, -0.25) is 9.59 Å². The van der Waals surface area contributed by atoms with Gasteiger partial charge >= 0.3 is 0 Å². The van der Waals surface area contributed by atoms with Gasteiger partial charge in [-0.25, -0.2) is 0 Å². The fourth-order valence-electron chi connectivity index (χ4n) is 2.40. The molecule has 0 saturated carbocycles. The molecule has 144 valence electrons. The van der Waals surface area contributed by atoms with Crippen LogP contribution in [0.25, 0.3) is 0 Å². The molecule has 3 rings (SSSR count). The van der Waals surface area contributed by atoms with Gasteiger partial charge in [0.15, 0.2) is 11.4 Å². The summed E-state index contributed by atoms with van der Waals surface area (Å²) >= 11 is 6.23. The molecule has 2 aromatic carbocycles. The Kier molecular flexibility index (Phi) is 5.70. The summed E-state index contributed by atoms with van der Waals surface area (Å²) in [5, 5.41) is 5.70. The van der Waals surface area contributed by atoms with Crippen molar-refractivity contribution in [2.75, 3.05) is 10.6 Å². The van der Waals surface area contributed by atoms with Crippen molar-refractivity contribution < 1.29 is 18.7 Å². The van der Waals surface area contributed by atoms with E-state index in [2.05, 4.69) is 10.6 Å². The van der Waals surface area contributed by atoms with Crippen molar-refractivity contribution in [3.05, 3.63) is 77.7 Å². The second-order valence-corrected chi connectivity index (χ2v) is 6.91. The molecule has 0 bridgehead atoms. The molecule has 28 heavy (non-hydrogen) atoms. The van der Waals surface area contributed by atoms with Crippen LogP contribution in [0.5, 0.6) is 5.75 Å². The third kappa shape index (κ3) is 4.72. The van der Waals surface area contributed by atoms with Gasteiger partial charge < -0.3 is 19.8 Å². The zero-order chi connectivity index (χ0) is 20.1. The van der Waals surface area contributed by atoms with E-state index in [9.17, 15) is 9.59 Å². The van der Waals surface area contributed by atoms with E-state index < -0.39 is 11.5 Å². The normalized spacial score (nSPS) is 11.0. The second kappa shape index (κ2) is 8.19. The van der Waals surface area contributed by atoms with Crippen LogP contribution in [0.1, 0.15) is 24.4 Å².